The van der Waals surface area contributed by atoms with Crippen LogP contribution in [0.15, 0.2) is 35.5 Å². The van der Waals surface area contributed by atoms with Crippen LogP contribution < -0.4 is 0 Å². The number of carbonyl (C=O) groups is 1. The molecule has 0 amide bonds. The van der Waals surface area contributed by atoms with Gasteiger partial charge in [-0.25, -0.2) is 9.67 Å². The zero-order valence-electron chi connectivity index (χ0n) is 14.1. The van der Waals surface area contributed by atoms with E-state index in [1.165, 1.54) is 16.4 Å². The van der Waals surface area contributed by atoms with Crippen molar-refractivity contribution < 1.29 is 4.79 Å². The zero-order valence-corrected chi connectivity index (χ0v) is 14.9. The van der Waals surface area contributed by atoms with Gasteiger partial charge in [-0.1, -0.05) is 30.0 Å². The molecule has 0 aliphatic carbocycles. The Bertz CT molecular complexity index is 1110. The first-order valence-electron chi connectivity index (χ1n) is 7.81. The Morgan fingerprint density at radius 1 is 1.20 bits per heavy atom. The number of thioether (sulfide) groups is 1. The van der Waals surface area contributed by atoms with Crippen molar-refractivity contribution in [3.05, 3.63) is 41.7 Å². The first kappa shape index (κ1) is 15.8. The fourth-order valence-corrected chi connectivity index (χ4v) is 3.55. The molecule has 126 valence electrons. The van der Waals surface area contributed by atoms with Gasteiger partial charge in [-0.05, 0) is 26.0 Å². The van der Waals surface area contributed by atoms with E-state index < -0.39 is 0 Å². The summed E-state index contributed by atoms with van der Waals surface area (Å²) < 4.78 is 3.41. The Kier molecular flexibility index (Phi) is 3.76. The molecule has 7 nitrogen and oxygen atoms in total. The molecule has 8 heteroatoms. The summed E-state index contributed by atoms with van der Waals surface area (Å²) in [6.07, 6.45) is 0. The highest BCUT2D eigenvalue weighted by Crippen LogP contribution is 2.25. The van der Waals surface area contributed by atoms with Crippen molar-refractivity contribution in [3.8, 4) is 0 Å². The van der Waals surface area contributed by atoms with Crippen molar-refractivity contribution in [2.75, 3.05) is 5.75 Å². The molecule has 0 aliphatic heterocycles. The Morgan fingerprint density at radius 3 is 2.76 bits per heavy atom. The summed E-state index contributed by atoms with van der Waals surface area (Å²) >= 11 is 1.27. The molecule has 1 aromatic carbocycles. The predicted molar refractivity (Wildman–Crippen MR) is 96.9 cm³/mol. The molecule has 0 spiro atoms. The molecule has 0 N–H and O–H groups in total. The number of benzene rings is 1. The monoisotopic (exact) mass is 352 g/mol. The molecular weight excluding hydrogens is 336 g/mol. The van der Waals surface area contributed by atoms with Gasteiger partial charge in [0.05, 0.1) is 17.0 Å². The lowest BCUT2D eigenvalue weighted by Gasteiger charge is -2.02. The summed E-state index contributed by atoms with van der Waals surface area (Å²) in [5.41, 5.74) is 4.24. The third kappa shape index (κ3) is 2.68. The highest BCUT2D eigenvalue weighted by Gasteiger charge is 2.15. The van der Waals surface area contributed by atoms with E-state index in [1.54, 1.807) is 0 Å². The van der Waals surface area contributed by atoms with Gasteiger partial charge >= 0.3 is 0 Å². The quantitative estimate of drug-likeness (QED) is 0.528. The van der Waals surface area contributed by atoms with Gasteiger partial charge in [0.15, 0.2) is 5.65 Å². The number of carbonyl (C=O) groups excluding carboxylic acids is 1. The number of nitrogens with zero attached hydrogens (tertiary/aromatic N) is 6. The molecule has 0 fully saturated rings. The van der Waals surface area contributed by atoms with Crippen molar-refractivity contribution in [3.63, 3.8) is 0 Å². The minimum atomic E-state index is -0.101. The average Bonchev–Trinajstić information content (AvgIpc) is 3.10. The van der Waals surface area contributed by atoms with Crippen LogP contribution in [0, 0.1) is 13.8 Å². The van der Waals surface area contributed by atoms with Gasteiger partial charge in [0, 0.05) is 18.1 Å². The molecule has 0 unspecified atom stereocenters. The largest absolute Gasteiger partial charge is 0.327 e. The normalized spacial score (nSPS) is 11.5. The Hall–Kier alpha value is -2.74. The van der Waals surface area contributed by atoms with Gasteiger partial charge in [-0.3, -0.25) is 4.79 Å². The van der Waals surface area contributed by atoms with Crippen molar-refractivity contribution in [1.29, 1.82) is 0 Å². The summed E-state index contributed by atoms with van der Waals surface area (Å²) in [5, 5.41) is 14.2. The van der Waals surface area contributed by atoms with Gasteiger partial charge in [0.25, 0.3) is 5.91 Å². The summed E-state index contributed by atoms with van der Waals surface area (Å²) in [7, 11) is 1.95. The number of para-hydroxylation sites is 1. The van der Waals surface area contributed by atoms with Gasteiger partial charge in [-0.2, -0.15) is 5.10 Å². The van der Waals surface area contributed by atoms with E-state index in [0.717, 1.165) is 33.5 Å². The Balaban J connectivity index is 1.62. The Labute approximate surface area is 148 Å². The van der Waals surface area contributed by atoms with Crippen LogP contribution in [0.3, 0.4) is 0 Å². The maximum atomic E-state index is 12.3. The van der Waals surface area contributed by atoms with E-state index in [0.29, 0.717) is 5.16 Å². The fourth-order valence-electron chi connectivity index (χ4n) is 2.92. The van der Waals surface area contributed by atoms with Crippen LogP contribution in [0.1, 0.15) is 16.2 Å². The van der Waals surface area contributed by atoms with Gasteiger partial charge in [-0.15, -0.1) is 10.2 Å². The number of aromatic nitrogens is 6. The van der Waals surface area contributed by atoms with Gasteiger partial charge in [0.2, 0.25) is 5.16 Å². The summed E-state index contributed by atoms with van der Waals surface area (Å²) in [6, 6.07) is 9.86. The van der Waals surface area contributed by atoms with Crippen LogP contribution >= 0.6 is 11.8 Å². The molecule has 0 atom stereocenters. The first-order chi connectivity index (χ1) is 12.0. The van der Waals surface area contributed by atoms with Crippen LogP contribution in [0.5, 0.6) is 0 Å². The molecule has 4 rings (SSSR count). The molecule has 4 aromatic rings. The lowest BCUT2D eigenvalue weighted by molar-refractivity contribution is 0.0924. The number of hydrogen-bond acceptors (Lipinski definition) is 6. The van der Waals surface area contributed by atoms with Crippen molar-refractivity contribution in [2.45, 2.75) is 19.0 Å². The van der Waals surface area contributed by atoms with E-state index in [-0.39, 0.29) is 11.7 Å². The third-order valence-corrected chi connectivity index (χ3v) is 4.88. The SMILES string of the molecule is Cc1cc(C)n(C(=O)CSc2nnc3c4ccccc4n(C)c3n2)n1. The fraction of sp³-hybridized carbons (Fsp3) is 0.235. The maximum absolute atomic E-state index is 12.3. The van der Waals surface area contributed by atoms with E-state index >= 15 is 0 Å². The van der Waals surface area contributed by atoms with Crippen molar-refractivity contribution in [1.82, 2.24) is 29.5 Å². The van der Waals surface area contributed by atoms with E-state index in [2.05, 4.69) is 20.3 Å². The standard InChI is InChI=1S/C17H16N6OS/c1-10-8-11(2)23(21-10)14(24)9-25-17-18-16-15(19-20-17)12-6-4-5-7-13(12)22(16)3/h4-8H,9H2,1-3H3. The molecular formula is C17H16N6OS. The maximum Gasteiger partial charge on any atom is 0.257 e. The zero-order chi connectivity index (χ0) is 17.6. The van der Waals surface area contributed by atoms with Gasteiger partial charge < -0.3 is 4.57 Å². The second kappa shape index (κ2) is 5.96. The minimum Gasteiger partial charge on any atom is -0.327 e. The number of fused-ring (bicyclic) bond motifs is 3. The summed E-state index contributed by atoms with van der Waals surface area (Å²) in [5.74, 6) is 0.107. The van der Waals surface area contributed by atoms with Gasteiger partial charge in [0.1, 0.15) is 5.52 Å². The van der Waals surface area contributed by atoms with Crippen LogP contribution in [0.4, 0.5) is 0 Å². The van der Waals surface area contributed by atoms with Crippen LogP contribution in [-0.4, -0.2) is 41.2 Å². The summed E-state index contributed by atoms with van der Waals surface area (Å²) in [6.45, 7) is 3.73. The highest BCUT2D eigenvalue weighted by molar-refractivity contribution is 7.99. The second-order valence-corrected chi connectivity index (χ2v) is 6.81. The second-order valence-electron chi connectivity index (χ2n) is 5.86. The molecule has 0 aliphatic rings. The lowest BCUT2D eigenvalue weighted by Crippen LogP contribution is -2.16. The average molecular weight is 352 g/mol. The smallest absolute Gasteiger partial charge is 0.257 e. The van der Waals surface area contributed by atoms with E-state index in [1.807, 2.05) is 55.8 Å². The lowest BCUT2D eigenvalue weighted by atomic mass is 10.2. The molecule has 3 heterocycles. The first-order valence-corrected chi connectivity index (χ1v) is 8.80. The van der Waals surface area contributed by atoms with Crippen LogP contribution in [-0.2, 0) is 7.05 Å². The van der Waals surface area contributed by atoms with E-state index in [9.17, 15) is 4.79 Å². The third-order valence-electron chi connectivity index (χ3n) is 4.06. The molecule has 0 radical (unpaired) electrons. The minimum absolute atomic E-state index is 0.101. The molecule has 0 bridgehead atoms. The number of aryl methyl sites for hydroxylation is 3. The highest BCUT2D eigenvalue weighted by atomic mass is 32.2. The summed E-state index contributed by atoms with van der Waals surface area (Å²) in [4.78, 5) is 16.9. The molecule has 0 saturated carbocycles. The molecule has 0 saturated heterocycles. The van der Waals surface area contributed by atoms with E-state index in [4.69, 9.17) is 0 Å². The number of rotatable bonds is 3. The number of hydrogen-bond donors (Lipinski definition) is 0. The van der Waals surface area contributed by atoms with Crippen molar-refractivity contribution in [2.24, 2.45) is 7.05 Å². The van der Waals surface area contributed by atoms with Crippen LogP contribution in [0.25, 0.3) is 22.1 Å². The van der Waals surface area contributed by atoms with Crippen LogP contribution in [0.2, 0.25) is 0 Å². The predicted octanol–water partition coefficient (Wildman–Crippen LogP) is 2.76. The Morgan fingerprint density at radius 2 is 2.00 bits per heavy atom. The molecule has 25 heavy (non-hydrogen) atoms. The molecule has 3 aromatic heterocycles. The van der Waals surface area contributed by atoms with Crippen molar-refractivity contribution >= 4 is 39.7 Å². The topological polar surface area (TPSA) is 78.5 Å².